The first-order valence-corrected chi connectivity index (χ1v) is 6.66. The van der Waals surface area contributed by atoms with Crippen LogP contribution in [0, 0.1) is 13.8 Å². The van der Waals surface area contributed by atoms with Crippen LogP contribution in [0.2, 0.25) is 0 Å². The number of aryl methyl sites for hydroxylation is 2. The fourth-order valence-corrected chi connectivity index (χ4v) is 2.90. The van der Waals surface area contributed by atoms with Gasteiger partial charge in [-0.3, -0.25) is 0 Å². The largest absolute Gasteiger partial charge is 0.357 e. The summed E-state index contributed by atoms with van der Waals surface area (Å²) < 4.78 is 0. The van der Waals surface area contributed by atoms with E-state index in [2.05, 4.69) is 54.3 Å². The number of hydrogen-bond donors (Lipinski definition) is 2. The van der Waals surface area contributed by atoms with E-state index in [9.17, 15) is 0 Å². The molecule has 18 heavy (non-hydrogen) atoms. The summed E-state index contributed by atoms with van der Waals surface area (Å²) >= 11 is 0. The van der Waals surface area contributed by atoms with Crippen molar-refractivity contribution in [3.63, 3.8) is 0 Å². The van der Waals surface area contributed by atoms with Gasteiger partial charge in [0.25, 0.3) is 0 Å². The van der Waals surface area contributed by atoms with Crippen molar-refractivity contribution in [2.45, 2.75) is 19.9 Å². The molecular weight excluding hydrogens is 222 g/mol. The van der Waals surface area contributed by atoms with Gasteiger partial charge in [-0.15, -0.1) is 0 Å². The van der Waals surface area contributed by atoms with Gasteiger partial charge in [0, 0.05) is 36.2 Å². The second-order valence-corrected chi connectivity index (χ2v) is 5.48. The summed E-state index contributed by atoms with van der Waals surface area (Å²) in [5, 5.41) is 4.97. The average molecular weight is 243 g/mol. The van der Waals surface area contributed by atoms with Crippen LogP contribution in [0.1, 0.15) is 22.9 Å². The Labute approximate surface area is 108 Å². The highest BCUT2D eigenvalue weighted by Crippen LogP contribution is 2.27. The fraction of sp³-hybridized carbons (Fsp3) is 0.467. The first-order valence-electron chi connectivity index (χ1n) is 6.66. The molecule has 0 amide bonds. The molecule has 3 nitrogen and oxygen atoms in total. The highest BCUT2D eigenvalue weighted by Gasteiger charge is 2.22. The van der Waals surface area contributed by atoms with Crippen molar-refractivity contribution in [2.24, 2.45) is 0 Å². The number of H-pyrrole nitrogens is 1. The van der Waals surface area contributed by atoms with E-state index in [4.69, 9.17) is 0 Å². The summed E-state index contributed by atoms with van der Waals surface area (Å²) in [6.45, 7) is 7.65. The van der Waals surface area contributed by atoms with Crippen LogP contribution in [0.15, 0.2) is 18.2 Å². The van der Waals surface area contributed by atoms with Crippen LogP contribution in [-0.4, -0.2) is 36.6 Å². The molecule has 0 aliphatic carbocycles. The summed E-state index contributed by atoms with van der Waals surface area (Å²) in [4.78, 5) is 5.98. The van der Waals surface area contributed by atoms with Crippen LogP contribution in [0.4, 0.5) is 0 Å². The van der Waals surface area contributed by atoms with Gasteiger partial charge in [-0.2, -0.15) is 0 Å². The lowest BCUT2D eigenvalue weighted by molar-refractivity contribution is 0.238. The Bertz CT molecular complexity index is 570. The highest BCUT2D eigenvalue weighted by atomic mass is 15.2. The van der Waals surface area contributed by atoms with Crippen molar-refractivity contribution < 1.29 is 0 Å². The molecule has 2 aromatic rings. The Morgan fingerprint density at radius 3 is 2.89 bits per heavy atom. The molecule has 1 aliphatic heterocycles. The van der Waals surface area contributed by atoms with Crippen molar-refractivity contribution in [1.29, 1.82) is 0 Å². The molecule has 1 aliphatic rings. The van der Waals surface area contributed by atoms with E-state index in [-0.39, 0.29) is 0 Å². The zero-order chi connectivity index (χ0) is 12.7. The summed E-state index contributed by atoms with van der Waals surface area (Å²) in [6, 6.07) is 7.06. The van der Waals surface area contributed by atoms with Gasteiger partial charge in [0.2, 0.25) is 0 Å². The van der Waals surface area contributed by atoms with Crippen molar-refractivity contribution in [3.8, 4) is 0 Å². The minimum atomic E-state index is 0.427. The molecule has 1 unspecified atom stereocenters. The van der Waals surface area contributed by atoms with E-state index in [0.717, 1.165) is 19.6 Å². The summed E-state index contributed by atoms with van der Waals surface area (Å²) in [5.74, 6) is 0. The number of piperazine rings is 1. The molecule has 1 aromatic heterocycles. The zero-order valence-corrected chi connectivity index (χ0v) is 11.4. The first-order chi connectivity index (χ1) is 8.65. The molecule has 0 radical (unpaired) electrons. The Morgan fingerprint density at radius 1 is 1.28 bits per heavy atom. The van der Waals surface area contributed by atoms with Gasteiger partial charge in [-0.25, -0.2) is 0 Å². The van der Waals surface area contributed by atoms with Gasteiger partial charge in [0.1, 0.15) is 0 Å². The minimum Gasteiger partial charge on any atom is -0.357 e. The number of rotatable bonds is 1. The topological polar surface area (TPSA) is 31.1 Å². The molecule has 1 atom stereocenters. The maximum Gasteiger partial charge on any atom is 0.0605 e. The standard InChI is InChI=1S/C15H21N3/c1-10-4-5-13-12(8-10)11(2)15(17-13)14-9-18(3)7-6-16-14/h4-5,8,14,16-17H,6-7,9H2,1-3H3. The molecule has 2 N–H and O–H groups in total. The number of benzene rings is 1. The van der Waals surface area contributed by atoms with Crippen molar-refractivity contribution in [1.82, 2.24) is 15.2 Å². The lowest BCUT2D eigenvalue weighted by atomic mass is 10.0. The predicted molar refractivity (Wildman–Crippen MR) is 76.0 cm³/mol. The normalized spacial score (nSPS) is 21.6. The summed E-state index contributed by atoms with van der Waals surface area (Å²) in [6.07, 6.45) is 0. The van der Waals surface area contributed by atoms with Crippen LogP contribution >= 0.6 is 0 Å². The first kappa shape index (κ1) is 11.8. The molecule has 1 aromatic carbocycles. The third kappa shape index (κ3) is 1.93. The van der Waals surface area contributed by atoms with Crippen LogP contribution in [-0.2, 0) is 0 Å². The highest BCUT2D eigenvalue weighted by molar-refractivity contribution is 5.85. The fourth-order valence-electron chi connectivity index (χ4n) is 2.90. The number of hydrogen-bond acceptors (Lipinski definition) is 2. The molecule has 3 rings (SSSR count). The van der Waals surface area contributed by atoms with E-state index in [1.165, 1.54) is 27.7 Å². The van der Waals surface area contributed by atoms with Crippen LogP contribution in [0.5, 0.6) is 0 Å². The molecule has 2 heterocycles. The number of nitrogens with zero attached hydrogens (tertiary/aromatic N) is 1. The maximum absolute atomic E-state index is 3.61. The van der Waals surface area contributed by atoms with Gasteiger partial charge in [-0.1, -0.05) is 11.6 Å². The molecule has 0 spiro atoms. The van der Waals surface area contributed by atoms with E-state index in [0.29, 0.717) is 6.04 Å². The van der Waals surface area contributed by atoms with Crippen molar-refractivity contribution in [2.75, 3.05) is 26.7 Å². The minimum absolute atomic E-state index is 0.427. The molecule has 0 saturated carbocycles. The van der Waals surface area contributed by atoms with Gasteiger partial charge in [0.15, 0.2) is 0 Å². The van der Waals surface area contributed by atoms with Crippen LogP contribution in [0.3, 0.4) is 0 Å². The number of aromatic nitrogens is 1. The Kier molecular flexibility index (Phi) is 2.88. The Hall–Kier alpha value is -1.32. The molecule has 0 bridgehead atoms. The van der Waals surface area contributed by atoms with E-state index in [1.54, 1.807) is 0 Å². The smallest absolute Gasteiger partial charge is 0.0605 e. The number of aromatic amines is 1. The number of nitrogens with one attached hydrogen (secondary N) is 2. The van der Waals surface area contributed by atoms with E-state index in [1.807, 2.05) is 0 Å². The Morgan fingerprint density at radius 2 is 2.11 bits per heavy atom. The molecular formula is C15H21N3. The monoisotopic (exact) mass is 243 g/mol. The van der Waals surface area contributed by atoms with Crippen molar-refractivity contribution in [3.05, 3.63) is 35.0 Å². The number of likely N-dealkylation sites (N-methyl/N-ethyl adjacent to an activating group) is 1. The summed E-state index contributed by atoms with van der Waals surface area (Å²) in [5.41, 5.74) is 5.32. The summed E-state index contributed by atoms with van der Waals surface area (Å²) in [7, 11) is 2.19. The Balaban J connectivity index is 2.04. The molecule has 1 saturated heterocycles. The predicted octanol–water partition coefficient (Wildman–Crippen LogP) is 2.36. The quantitative estimate of drug-likeness (QED) is 0.805. The lowest BCUT2D eigenvalue weighted by Crippen LogP contribution is -2.44. The SMILES string of the molecule is Cc1ccc2[nH]c(C3CN(C)CCN3)c(C)c2c1. The van der Waals surface area contributed by atoms with Gasteiger partial charge in [0.05, 0.1) is 6.04 Å². The van der Waals surface area contributed by atoms with Gasteiger partial charge >= 0.3 is 0 Å². The molecule has 3 heteroatoms. The second-order valence-electron chi connectivity index (χ2n) is 5.48. The van der Waals surface area contributed by atoms with Crippen LogP contribution in [0.25, 0.3) is 10.9 Å². The van der Waals surface area contributed by atoms with Crippen molar-refractivity contribution >= 4 is 10.9 Å². The average Bonchev–Trinajstić information content (AvgIpc) is 2.67. The number of fused-ring (bicyclic) bond motifs is 1. The van der Waals surface area contributed by atoms with Gasteiger partial charge in [-0.05, 0) is 38.6 Å². The second kappa shape index (κ2) is 4.41. The van der Waals surface area contributed by atoms with Gasteiger partial charge < -0.3 is 15.2 Å². The zero-order valence-electron chi connectivity index (χ0n) is 11.4. The maximum atomic E-state index is 3.61. The lowest BCUT2D eigenvalue weighted by Gasteiger charge is -2.30. The van der Waals surface area contributed by atoms with E-state index < -0.39 is 0 Å². The third-order valence-electron chi connectivity index (χ3n) is 3.98. The third-order valence-corrected chi connectivity index (χ3v) is 3.98. The molecule has 96 valence electrons. The molecule has 1 fully saturated rings. The van der Waals surface area contributed by atoms with E-state index >= 15 is 0 Å². The van der Waals surface area contributed by atoms with Crippen LogP contribution < -0.4 is 5.32 Å².